The lowest BCUT2D eigenvalue weighted by Gasteiger charge is -2.14. The first-order valence-electron chi connectivity index (χ1n) is 5.16. The summed E-state index contributed by atoms with van der Waals surface area (Å²) in [4.78, 5) is 11.2. The van der Waals surface area contributed by atoms with Gasteiger partial charge in [0.05, 0.1) is 11.5 Å². The van der Waals surface area contributed by atoms with E-state index in [1.54, 1.807) is 0 Å². The molecule has 1 unspecified atom stereocenters. The lowest BCUT2D eigenvalue weighted by atomic mass is 10.0. The number of rotatable bonds is 7. The van der Waals surface area contributed by atoms with E-state index in [0.29, 0.717) is 12.5 Å². The van der Waals surface area contributed by atoms with E-state index in [0.717, 1.165) is 12.8 Å². The number of carbonyl (C=O) groups is 1. The molecule has 0 heterocycles. The molecule has 0 fully saturated rings. The van der Waals surface area contributed by atoms with Crippen LogP contribution in [0.2, 0.25) is 0 Å². The van der Waals surface area contributed by atoms with Crippen molar-refractivity contribution in [3.05, 3.63) is 11.5 Å². The van der Waals surface area contributed by atoms with Crippen molar-refractivity contribution in [1.29, 1.82) is 0 Å². The third-order valence-electron chi connectivity index (χ3n) is 2.23. The summed E-state index contributed by atoms with van der Waals surface area (Å²) in [5, 5.41) is 0. The number of hydrogen-bond acceptors (Lipinski definition) is 3. The van der Waals surface area contributed by atoms with Crippen molar-refractivity contribution in [2.24, 2.45) is 5.92 Å². The first kappa shape index (κ1) is 13.6. The normalized spacial score (nSPS) is 12.2. The third-order valence-corrected chi connectivity index (χ3v) is 2.41. The second kappa shape index (κ2) is 7.92. The lowest BCUT2D eigenvalue weighted by Crippen LogP contribution is -2.13. The van der Waals surface area contributed by atoms with Crippen LogP contribution in [0.25, 0.3) is 0 Å². The molecule has 0 bridgehead atoms. The van der Waals surface area contributed by atoms with Crippen molar-refractivity contribution in [2.45, 2.75) is 39.5 Å². The Balaban J connectivity index is 3.71. The van der Waals surface area contributed by atoms with E-state index in [9.17, 15) is 4.79 Å². The molecule has 0 aromatic heterocycles. The van der Waals surface area contributed by atoms with Crippen LogP contribution in [0.5, 0.6) is 0 Å². The average molecular weight is 216 g/mol. The van der Waals surface area contributed by atoms with Gasteiger partial charge in [-0.05, 0) is 12.3 Å². The maximum absolute atomic E-state index is 11.0. The SMILES string of the molecule is C=C(S)C(=O)OCC(CC)CCCC. The fraction of sp³-hybridized carbons (Fsp3) is 0.727. The Hall–Kier alpha value is -0.440. The molecule has 0 aromatic rings. The smallest absolute Gasteiger partial charge is 0.343 e. The first-order chi connectivity index (χ1) is 6.61. The summed E-state index contributed by atoms with van der Waals surface area (Å²) in [5.74, 6) is 0.0786. The van der Waals surface area contributed by atoms with Crippen LogP contribution in [0.15, 0.2) is 11.5 Å². The minimum atomic E-state index is -0.400. The van der Waals surface area contributed by atoms with Gasteiger partial charge in [-0.1, -0.05) is 39.7 Å². The molecule has 0 radical (unpaired) electrons. The molecule has 0 amide bonds. The van der Waals surface area contributed by atoms with Crippen LogP contribution in [0.4, 0.5) is 0 Å². The molecule has 1 atom stereocenters. The van der Waals surface area contributed by atoms with Crippen molar-refractivity contribution in [3.8, 4) is 0 Å². The Bertz CT molecular complexity index is 190. The van der Waals surface area contributed by atoms with E-state index in [1.807, 2.05) is 0 Å². The molecule has 0 rings (SSSR count). The molecule has 0 aromatic carbocycles. The van der Waals surface area contributed by atoms with Crippen molar-refractivity contribution < 1.29 is 9.53 Å². The predicted octanol–water partition coefficient (Wildman–Crippen LogP) is 3.19. The minimum absolute atomic E-state index is 0.176. The summed E-state index contributed by atoms with van der Waals surface area (Å²) < 4.78 is 5.04. The van der Waals surface area contributed by atoms with E-state index in [-0.39, 0.29) is 4.91 Å². The van der Waals surface area contributed by atoms with Gasteiger partial charge in [0.15, 0.2) is 0 Å². The van der Waals surface area contributed by atoms with E-state index >= 15 is 0 Å². The van der Waals surface area contributed by atoms with Crippen molar-refractivity contribution >= 4 is 18.6 Å². The molecule has 0 aliphatic rings. The highest BCUT2D eigenvalue weighted by Gasteiger charge is 2.10. The van der Waals surface area contributed by atoms with E-state index in [1.165, 1.54) is 12.8 Å². The van der Waals surface area contributed by atoms with Gasteiger partial charge in [0.25, 0.3) is 0 Å². The zero-order valence-electron chi connectivity index (χ0n) is 9.08. The Morgan fingerprint density at radius 2 is 2.14 bits per heavy atom. The number of hydrogen-bond donors (Lipinski definition) is 1. The highest BCUT2D eigenvalue weighted by molar-refractivity contribution is 7.85. The zero-order valence-corrected chi connectivity index (χ0v) is 9.98. The Morgan fingerprint density at radius 3 is 2.57 bits per heavy atom. The molecular weight excluding hydrogens is 196 g/mol. The van der Waals surface area contributed by atoms with Gasteiger partial charge in [-0.3, -0.25) is 0 Å². The van der Waals surface area contributed by atoms with Crippen LogP contribution in [0.3, 0.4) is 0 Å². The molecule has 82 valence electrons. The maximum Gasteiger partial charge on any atom is 0.343 e. The monoisotopic (exact) mass is 216 g/mol. The average Bonchev–Trinajstić information content (AvgIpc) is 2.17. The summed E-state index contributed by atoms with van der Waals surface area (Å²) in [6.45, 7) is 8.18. The van der Waals surface area contributed by atoms with Crippen molar-refractivity contribution in [1.82, 2.24) is 0 Å². The molecule has 0 saturated carbocycles. The Morgan fingerprint density at radius 1 is 1.50 bits per heavy atom. The fourth-order valence-electron chi connectivity index (χ4n) is 1.17. The molecule has 0 N–H and O–H groups in total. The van der Waals surface area contributed by atoms with Gasteiger partial charge < -0.3 is 4.74 Å². The van der Waals surface area contributed by atoms with Gasteiger partial charge in [-0.2, -0.15) is 0 Å². The molecule has 0 aliphatic heterocycles. The Kier molecular flexibility index (Phi) is 7.67. The van der Waals surface area contributed by atoms with Crippen LogP contribution in [-0.4, -0.2) is 12.6 Å². The molecule has 14 heavy (non-hydrogen) atoms. The summed E-state index contributed by atoms with van der Waals surface area (Å²) in [7, 11) is 0. The molecular formula is C11H20O2S. The van der Waals surface area contributed by atoms with Crippen LogP contribution >= 0.6 is 12.6 Å². The maximum atomic E-state index is 11.0. The molecule has 0 spiro atoms. The van der Waals surface area contributed by atoms with Crippen LogP contribution in [0, 0.1) is 5.92 Å². The number of unbranched alkanes of at least 4 members (excludes halogenated alkanes) is 1. The molecule has 0 saturated heterocycles. The summed E-state index contributed by atoms with van der Waals surface area (Å²) >= 11 is 3.83. The van der Waals surface area contributed by atoms with Gasteiger partial charge >= 0.3 is 5.97 Å². The van der Waals surface area contributed by atoms with Gasteiger partial charge in [0, 0.05) is 0 Å². The number of ether oxygens (including phenoxy) is 1. The summed E-state index contributed by atoms with van der Waals surface area (Å²) in [6, 6.07) is 0. The zero-order chi connectivity index (χ0) is 11.0. The minimum Gasteiger partial charge on any atom is -0.461 e. The standard InChI is InChI=1S/C11H20O2S/c1-4-6-7-10(5-2)8-13-11(12)9(3)14/h10,14H,3-8H2,1-2H3. The topological polar surface area (TPSA) is 26.3 Å². The van der Waals surface area contributed by atoms with E-state index in [2.05, 4.69) is 33.1 Å². The second-order valence-corrected chi connectivity index (χ2v) is 4.00. The second-order valence-electron chi connectivity index (χ2n) is 3.46. The Labute approximate surface area is 92.1 Å². The number of thiol groups is 1. The predicted molar refractivity (Wildman–Crippen MR) is 62.4 cm³/mol. The van der Waals surface area contributed by atoms with Crippen LogP contribution in [-0.2, 0) is 9.53 Å². The van der Waals surface area contributed by atoms with Gasteiger partial charge in [0.2, 0.25) is 0 Å². The van der Waals surface area contributed by atoms with Crippen LogP contribution in [0.1, 0.15) is 39.5 Å². The van der Waals surface area contributed by atoms with Gasteiger partial charge in [0.1, 0.15) is 0 Å². The van der Waals surface area contributed by atoms with Crippen molar-refractivity contribution in [2.75, 3.05) is 6.61 Å². The van der Waals surface area contributed by atoms with Gasteiger partial charge in [-0.15, -0.1) is 12.6 Å². The largest absolute Gasteiger partial charge is 0.461 e. The van der Waals surface area contributed by atoms with E-state index < -0.39 is 5.97 Å². The highest BCUT2D eigenvalue weighted by Crippen LogP contribution is 2.13. The number of carbonyl (C=O) groups excluding carboxylic acids is 1. The molecule has 0 aliphatic carbocycles. The van der Waals surface area contributed by atoms with Crippen LogP contribution < -0.4 is 0 Å². The highest BCUT2D eigenvalue weighted by atomic mass is 32.1. The fourth-order valence-corrected chi connectivity index (χ4v) is 1.24. The molecule has 3 heteroatoms. The third kappa shape index (κ3) is 6.08. The van der Waals surface area contributed by atoms with E-state index in [4.69, 9.17) is 4.74 Å². The summed E-state index contributed by atoms with van der Waals surface area (Å²) in [6.07, 6.45) is 4.55. The number of esters is 1. The molecule has 2 nitrogen and oxygen atoms in total. The summed E-state index contributed by atoms with van der Waals surface area (Å²) in [5.41, 5.74) is 0. The lowest BCUT2D eigenvalue weighted by molar-refractivity contribution is -0.139. The van der Waals surface area contributed by atoms with Crippen molar-refractivity contribution in [3.63, 3.8) is 0 Å². The van der Waals surface area contributed by atoms with Gasteiger partial charge in [-0.25, -0.2) is 4.79 Å². The quantitative estimate of drug-likeness (QED) is 0.402. The first-order valence-corrected chi connectivity index (χ1v) is 5.61.